The fourth-order valence-electron chi connectivity index (χ4n) is 4.76. The van der Waals surface area contributed by atoms with E-state index >= 15 is 0 Å². The largest absolute Gasteiger partial charge is 0.456 e. The third-order valence-corrected chi connectivity index (χ3v) is 6.54. The molecular weight excluding hydrogens is 454 g/mol. The molecule has 0 unspecified atom stereocenters. The van der Waals surface area contributed by atoms with Gasteiger partial charge in [0.15, 0.2) is 17.5 Å². The molecule has 2 heterocycles. The Kier molecular flexibility index (Phi) is 5.07. The van der Waals surface area contributed by atoms with Crippen molar-refractivity contribution in [2.45, 2.75) is 0 Å². The topological polar surface area (TPSA) is 51.8 Å². The van der Waals surface area contributed by atoms with Crippen LogP contribution in [0, 0.1) is 0 Å². The first-order valence-corrected chi connectivity index (χ1v) is 12.2. The highest BCUT2D eigenvalue weighted by atomic mass is 16.3. The van der Waals surface area contributed by atoms with Crippen molar-refractivity contribution in [3.8, 4) is 45.3 Å². The van der Waals surface area contributed by atoms with Crippen LogP contribution in [0.2, 0.25) is 0 Å². The summed E-state index contributed by atoms with van der Waals surface area (Å²) in [6.07, 6.45) is 0. The summed E-state index contributed by atoms with van der Waals surface area (Å²) in [6.45, 7) is 0. The lowest BCUT2D eigenvalue weighted by Crippen LogP contribution is -2.00. The Hall–Kier alpha value is -5.09. The Labute approximate surface area is 213 Å². The van der Waals surface area contributed by atoms with Crippen molar-refractivity contribution in [3.05, 3.63) is 127 Å². The Morgan fingerprint density at radius 3 is 1.54 bits per heavy atom. The Morgan fingerprint density at radius 1 is 0.405 bits per heavy atom. The summed E-state index contributed by atoms with van der Waals surface area (Å²) in [7, 11) is 0. The number of furan rings is 1. The van der Waals surface area contributed by atoms with Gasteiger partial charge in [0.1, 0.15) is 11.2 Å². The summed E-state index contributed by atoms with van der Waals surface area (Å²) < 4.78 is 6.24. The monoisotopic (exact) mass is 475 g/mol. The molecule has 0 saturated heterocycles. The molecule has 0 aliphatic rings. The lowest BCUT2D eigenvalue weighted by atomic mass is 9.99. The molecule has 7 rings (SSSR count). The molecule has 0 fully saturated rings. The molecule has 0 spiro atoms. The zero-order valence-corrected chi connectivity index (χ0v) is 19.9. The van der Waals surface area contributed by atoms with Crippen LogP contribution >= 0.6 is 0 Å². The van der Waals surface area contributed by atoms with E-state index in [2.05, 4.69) is 36.4 Å². The van der Waals surface area contributed by atoms with Gasteiger partial charge in [-0.1, -0.05) is 103 Å². The van der Waals surface area contributed by atoms with Gasteiger partial charge in [-0.3, -0.25) is 0 Å². The molecule has 0 saturated carbocycles. The average molecular weight is 476 g/mol. The minimum Gasteiger partial charge on any atom is -0.456 e. The number of hydrogen-bond acceptors (Lipinski definition) is 4. The highest BCUT2D eigenvalue weighted by Crippen LogP contribution is 2.38. The molecule has 0 aliphatic carbocycles. The Bertz CT molecular complexity index is 1800. The Balaban J connectivity index is 1.46. The minimum absolute atomic E-state index is 0.626. The molecule has 4 nitrogen and oxygen atoms in total. The summed E-state index contributed by atoms with van der Waals surface area (Å²) in [5, 5.41) is 2.13. The second-order valence-electron chi connectivity index (χ2n) is 8.90. The summed E-state index contributed by atoms with van der Waals surface area (Å²) >= 11 is 0. The normalized spacial score (nSPS) is 11.2. The predicted molar refractivity (Wildman–Crippen MR) is 149 cm³/mol. The van der Waals surface area contributed by atoms with Crippen LogP contribution in [-0.2, 0) is 0 Å². The first-order chi connectivity index (χ1) is 18.3. The number of rotatable bonds is 4. The van der Waals surface area contributed by atoms with E-state index in [0.29, 0.717) is 17.5 Å². The van der Waals surface area contributed by atoms with Crippen LogP contribution in [0.4, 0.5) is 0 Å². The van der Waals surface area contributed by atoms with Gasteiger partial charge in [-0.15, -0.1) is 0 Å². The van der Waals surface area contributed by atoms with E-state index < -0.39 is 0 Å². The van der Waals surface area contributed by atoms with Crippen LogP contribution in [-0.4, -0.2) is 15.0 Å². The number of hydrogen-bond donors (Lipinski definition) is 0. The van der Waals surface area contributed by atoms with Crippen molar-refractivity contribution < 1.29 is 4.42 Å². The van der Waals surface area contributed by atoms with Crippen LogP contribution in [0.3, 0.4) is 0 Å². The van der Waals surface area contributed by atoms with Gasteiger partial charge in [-0.25, -0.2) is 15.0 Å². The highest BCUT2D eigenvalue weighted by Gasteiger charge is 2.16. The van der Waals surface area contributed by atoms with Gasteiger partial charge in [-0.05, 0) is 35.4 Å². The second-order valence-corrected chi connectivity index (χ2v) is 8.90. The number of benzene rings is 5. The molecule has 5 aromatic carbocycles. The molecule has 174 valence electrons. The third-order valence-electron chi connectivity index (χ3n) is 6.54. The first kappa shape index (κ1) is 21.2. The quantitative estimate of drug-likeness (QED) is 0.256. The Morgan fingerprint density at radius 2 is 0.946 bits per heavy atom. The maximum Gasteiger partial charge on any atom is 0.164 e. The van der Waals surface area contributed by atoms with Gasteiger partial charge >= 0.3 is 0 Å². The van der Waals surface area contributed by atoms with Gasteiger partial charge in [0, 0.05) is 27.5 Å². The fraction of sp³-hybridized carbons (Fsp3) is 0. The average Bonchev–Trinajstić information content (AvgIpc) is 3.36. The first-order valence-electron chi connectivity index (χ1n) is 12.2. The molecule has 0 radical (unpaired) electrons. The van der Waals surface area contributed by atoms with E-state index in [0.717, 1.165) is 49.8 Å². The minimum atomic E-state index is 0.626. The zero-order chi connectivity index (χ0) is 24.6. The summed E-state index contributed by atoms with van der Waals surface area (Å²) in [5.74, 6) is 1.92. The van der Waals surface area contributed by atoms with Crippen LogP contribution in [0.5, 0.6) is 0 Å². The maximum atomic E-state index is 6.24. The summed E-state index contributed by atoms with van der Waals surface area (Å²) in [4.78, 5) is 14.6. The van der Waals surface area contributed by atoms with E-state index in [4.69, 9.17) is 19.4 Å². The van der Waals surface area contributed by atoms with Crippen molar-refractivity contribution >= 4 is 21.9 Å². The summed E-state index contributed by atoms with van der Waals surface area (Å²) in [5.41, 5.74) is 6.80. The van der Waals surface area contributed by atoms with Crippen molar-refractivity contribution in [2.75, 3.05) is 0 Å². The van der Waals surface area contributed by atoms with Gasteiger partial charge in [0.25, 0.3) is 0 Å². The molecular formula is C33H21N3O. The smallest absolute Gasteiger partial charge is 0.164 e. The molecule has 4 heteroatoms. The summed E-state index contributed by atoms with van der Waals surface area (Å²) in [6, 6.07) is 42.8. The standard InChI is InChI=1S/C33H21N3O/c1-4-11-22(12-5-1)26-17-10-18-29-30(26)27-21-25(19-20-28(27)37-29)33-35-31(23-13-6-2-7-14-23)34-32(36-33)24-15-8-3-9-16-24/h1-21H. The van der Waals surface area contributed by atoms with Gasteiger partial charge in [0.2, 0.25) is 0 Å². The number of nitrogens with zero attached hydrogens (tertiary/aromatic N) is 3. The van der Waals surface area contributed by atoms with Crippen molar-refractivity contribution in [1.82, 2.24) is 15.0 Å². The maximum absolute atomic E-state index is 6.24. The van der Waals surface area contributed by atoms with Crippen molar-refractivity contribution in [2.24, 2.45) is 0 Å². The van der Waals surface area contributed by atoms with E-state index in [1.165, 1.54) is 0 Å². The fourth-order valence-corrected chi connectivity index (χ4v) is 4.76. The van der Waals surface area contributed by atoms with Crippen molar-refractivity contribution in [3.63, 3.8) is 0 Å². The van der Waals surface area contributed by atoms with Crippen LogP contribution < -0.4 is 0 Å². The number of aromatic nitrogens is 3. The third kappa shape index (κ3) is 3.85. The SMILES string of the molecule is c1ccc(-c2nc(-c3ccccc3)nc(-c3ccc4oc5cccc(-c6ccccc6)c5c4c3)n2)cc1. The lowest BCUT2D eigenvalue weighted by molar-refractivity contribution is 0.669. The van der Waals surface area contributed by atoms with Gasteiger partial charge in [-0.2, -0.15) is 0 Å². The molecule has 0 bridgehead atoms. The van der Waals surface area contributed by atoms with E-state index in [1.807, 2.05) is 91.0 Å². The highest BCUT2D eigenvalue weighted by molar-refractivity contribution is 6.13. The van der Waals surface area contributed by atoms with Crippen LogP contribution in [0.1, 0.15) is 0 Å². The molecule has 0 amide bonds. The van der Waals surface area contributed by atoms with E-state index in [-0.39, 0.29) is 0 Å². The van der Waals surface area contributed by atoms with Crippen molar-refractivity contribution in [1.29, 1.82) is 0 Å². The van der Waals surface area contributed by atoms with Gasteiger partial charge in [0.05, 0.1) is 0 Å². The van der Waals surface area contributed by atoms with E-state index in [1.54, 1.807) is 0 Å². The number of fused-ring (bicyclic) bond motifs is 3. The lowest BCUT2D eigenvalue weighted by Gasteiger charge is -2.08. The molecule has 0 aliphatic heterocycles. The zero-order valence-electron chi connectivity index (χ0n) is 19.9. The molecule has 37 heavy (non-hydrogen) atoms. The molecule has 0 N–H and O–H groups in total. The predicted octanol–water partition coefficient (Wildman–Crippen LogP) is 8.44. The van der Waals surface area contributed by atoms with E-state index in [9.17, 15) is 0 Å². The van der Waals surface area contributed by atoms with Crippen LogP contribution in [0.15, 0.2) is 132 Å². The second kappa shape index (κ2) is 8.85. The van der Waals surface area contributed by atoms with Gasteiger partial charge < -0.3 is 4.42 Å². The molecule has 0 atom stereocenters. The molecule has 2 aromatic heterocycles. The van der Waals surface area contributed by atoms with Crippen LogP contribution in [0.25, 0.3) is 67.2 Å². The molecule has 7 aromatic rings.